The number of benzene rings is 2. The first-order valence-corrected chi connectivity index (χ1v) is 5.92. The molecule has 92 valence electrons. The molecule has 3 N–H and O–H groups in total. The van der Waals surface area contributed by atoms with Gasteiger partial charge in [-0.1, -0.05) is 28.1 Å². The number of amides is 1. The van der Waals surface area contributed by atoms with Crippen molar-refractivity contribution in [3.8, 4) is 17.2 Å². The standard InChI is InChI=1S/C13H10BrNO3/c14-8-5-6-11(9(7-8)13(15)17)18-12-4-2-1-3-10(12)16/h1-7,16H,(H2,15,17). The second-order valence-corrected chi connectivity index (χ2v) is 4.49. The number of halogens is 1. The summed E-state index contributed by atoms with van der Waals surface area (Å²) < 4.78 is 6.21. The largest absolute Gasteiger partial charge is 0.504 e. The van der Waals surface area contributed by atoms with Crippen LogP contribution < -0.4 is 10.5 Å². The molecule has 1 amide bonds. The summed E-state index contributed by atoms with van der Waals surface area (Å²) >= 11 is 3.25. The normalized spacial score (nSPS) is 10.1. The first-order valence-electron chi connectivity index (χ1n) is 5.13. The Kier molecular flexibility index (Phi) is 3.53. The van der Waals surface area contributed by atoms with E-state index in [4.69, 9.17) is 10.5 Å². The van der Waals surface area contributed by atoms with Gasteiger partial charge in [0.15, 0.2) is 11.5 Å². The number of rotatable bonds is 3. The molecule has 0 atom stereocenters. The SMILES string of the molecule is NC(=O)c1cc(Br)ccc1Oc1ccccc1O. The molecule has 0 aliphatic rings. The van der Waals surface area contributed by atoms with Gasteiger partial charge in [-0.2, -0.15) is 0 Å². The second-order valence-electron chi connectivity index (χ2n) is 3.57. The zero-order valence-electron chi connectivity index (χ0n) is 9.26. The Labute approximate surface area is 112 Å². The van der Waals surface area contributed by atoms with Crippen molar-refractivity contribution in [2.45, 2.75) is 0 Å². The molecule has 2 aromatic carbocycles. The van der Waals surface area contributed by atoms with Crippen LogP contribution in [-0.2, 0) is 0 Å². The van der Waals surface area contributed by atoms with Gasteiger partial charge in [0, 0.05) is 4.47 Å². The van der Waals surface area contributed by atoms with Crippen LogP contribution in [0.2, 0.25) is 0 Å². The lowest BCUT2D eigenvalue weighted by molar-refractivity contribution is 0.0998. The average molecular weight is 308 g/mol. The Morgan fingerprint density at radius 3 is 2.56 bits per heavy atom. The summed E-state index contributed by atoms with van der Waals surface area (Å²) in [7, 11) is 0. The van der Waals surface area contributed by atoms with Crippen LogP contribution in [0, 0.1) is 0 Å². The van der Waals surface area contributed by atoms with Gasteiger partial charge in [-0.25, -0.2) is 0 Å². The highest BCUT2D eigenvalue weighted by atomic mass is 79.9. The maximum Gasteiger partial charge on any atom is 0.252 e. The maximum absolute atomic E-state index is 11.3. The number of carbonyl (C=O) groups is 1. The van der Waals surface area contributed by atoms with Gasteiger partial charge in [0.05, 0.1) is 5.56 Å². The van der Waals surface area contributed by atoms with Crippen LogP contribution in [0.15, 0.2) is 46.9 Å². The molecule has 0 bridgehead atoms. The van der Waals surface area contributed by atoms with E-state index in [1.54, 1.807) is 36.4 Å². The second kappa shape index (κ2) is 5.10. The van der Waals surface area contributed by atoms with Crippen LogP contribution in [0.4, 0.5) is 0 Å². The Balaban J connectivity index is 2.41. The van der Waals surface area contributed by atoms with E-state index < -0.39 is 5.91 Å². The van der Waals surface area contributed by atoms with E-state index in [-0.39, 0.29) is 17.1 Å². The molecule has 0 saturated carbocycles. The number of hydrogen-bond acceptors (Lipinski definition) is 3. The van der Waals surface area contributed by atoms with Crippen LogP contribution >= 0.6 is 15.9 Å². The average Bonchev–Trinajstić information content (AvgIpc) is 2.34. The summed E-state index contributed by atoms with van der Waals surface area (Å²) in [5.74, 6) is -0.0351. The fourth-order valence-corrected chi connectivity index (χ4v) is 1.81. The van der Waals surface area contributed by atoms with Crippen molar-refractivity contribution < 1.29 is 14.6 Å². The number of phenols is 1. The van der Waals surface area contributed by atoms with Crippen LogP contribution in [0.1, 0.15) is 10.4 Å². The van der Waals surface area contributed by atoms with Gasteiger partial charge in [-0.3, -0.25) is 4.79 Å². The molecule has 0 saturated heterocycles. The fourth-order valence-electron chi connectivity index (χ4n) is 1.45. The monoisotopic (exact) mass is 307 g/mol. The van der Waals surface area contributed by atoms with Gasteiger partial charge in [-0.05, 0) is 30.3 Å². The van der Waals surface area contributed by atoms with Gasteiger partial charge < -0.3 is 15.6 Å². The molecule has 2 rings (SSSR count). The van der Waals surface area contributed by atoms with E-state index in [9.17, 15) is 9.90 Å². The van der Waals surface area contributed by atoms with Gasteiger partial charge in [0.25, 0.3) is 5.91 Å². The molecule has 0 aliphatic carbocycles. The highest BCUT2D eigenvalue weighted by molar-refractivity contribution is 9.10. The Morgan fingerprint density at radius 1 is 1.17 bits per heavy atom. The van der Waals surface area contributed by atoms with E-state index in [0.717, 1.165) is 4.47 Å². The van der Waals surface area contributed by atoms with E-state index >= 15 is 0 Å². The minimum atomic E-state index is -0.596. The molecule has 0 heterocycles. The van der Waals surface area contributed by atoms with E-state index in [1.807, 2.05) is 0 Å². The number of aromatic hydroxyl groups is 1. The van der Waals surface area contributed by atoms with Crippen molar-refractivity contribution in [2.75, 3.05) is 0 Å². The van der Waals surface area contributed by atoms with Crippen molar-refractivity contribution in [2.24, 2.45) is 5.73 Å². The topological polar surface area (TPSA) is 72.6 Å². The van der Waals surface area contributed by atoms with Crippen LogP contribution in [0.3, 0.4) is 0 Å². The molecule has 0 unspecified atom stereocenters. The lowest BCUT2D eigenvalue weighted by atomic mass is 10.2. The summed E-state index contributed by atoms with van der Waals surface area (Å²) in [5.41, 5.74) is 5.52. The Bertz CT molecular complexity index is 599. The molecule has 18 heavy (non-hydrogen) atoms. The lowest BCUT2D eigenvalue weighted by Crippen LogP contribution is -2.12. The number of para-hydroxylation sites is 2. The van der Waals surface area contributed by atoms with E-state index in [1.165, 1.54) is 6.07 Å². The summed E-state index contributed by atoms with van der Waals surface area (Å²) in [6.45, 7) is 0. The number of ether oxygens (including phenoxy) is 1. The summed E-state index contributed by atoms with van der Waals surface area (Å²) in [6.07, 6.45) is 0. The van der Waals surface area contributed by atoms with Crippen molar-refractivity contribution >= 4 is 21.8 Å². The highest BCUT2D eigenvalue weighted by Crippen LogP contribution is 2.32. The molecular formula is C13H10BrNO3. The molecule has 0 radical (unpaired) electrons. The number of hydrogen-bond donors (Lipinski definition) is 2. The van der Waals surface area contributed by atoms with Gasteiger partial charge in [-0.15, -0.1) is 0 Å². The predicted octanol–water partition coefficient (Wildman–Crippen LogP) is 3.05. The van der Waals surface area contributed by atoms with Crippen molar-refractivity contribution in [1.29, 1.82) is 0 Å². The van der Waals surface area contributed by atoms with Crippen molar-refractivity contribution in [3.63, 3.8) is 0 Å². The molecule has 2 aromatic rings. The maximum atomic E-state index is 11.3. The van der Waals surface area contributed by atoms with Gasteiger partial charge >= 0.3 is 0 Å². The zero-order valence-corrected chi connectivity index (χ0v) is 10.8. The molecule has 0 aliphatic heterocycles. The van der Waals surface area contributed by atoms with Gasteiger partial charge in [0.1, 0.15) is 5.75 Å². The molecule has 0 fully saturated rings. The molecule has 5 heteroatoms. The molecule has 0 spiro atoms. The van der Waals surface area contributed by atoms with E-state index in [0.29, 0.717) is 5.75 Å². The van der Waals surface area contributed by atoms with Crippen molar-refractivity contribution in [1.82, 2.24) is 0 Å². The predicted molar refractivity (Wildman–Crippen MR) is 70.8 cm³/mol. The Morgan fingerprint density at radius 2 is 1.89 bits per heavy atom. The third kappa shape index (κ3) is 2.62. The lowest BCUT2D eigenvalue weighted by Gasteiger charge is -2.10. The quantitative estimate of drug-likeness (QED) is 0.915. The van der Waals surface area contributed by atoms with E-state index in [2.05, 4.69) is 15.9 Å². The first-order chi connectivity index (χ1) is 8.58. The fraction of sp³-hybridized carbons (Fsp3) is 0. The zero-order chi connectivity index (χ0) is 13.1. The third-order valence-corrected chi connectivity index (χ3v) is 2.79. The summed E-state index contributed by atoms with van der Waals surface area (Å²) in [4.78, 5) is 11.3. The Hall–Kier alpha value is -2.01. The summed E-state index contributed by atoms with van der Waals surface area (Å²) in [5, 5.41) is 9.61. The smallest absolute Gasteiger partial charge is 0.252 e. The number of primary amides is 1. The van der Waals surface area contributed by atoms with Crippen LogP contribution in [0.25, 0.3) is 0 Å². The van der Waals surface area contributed by atoms with Crippen LogP contribution in [-0.4, -0.2) is 11.0 Å². The molecular weight excluding hydrogens is 298 g/mol. The highest BCUT2D eigenvalue weighted by Gasteiger charge is 2.12. The number of nitrogens with two attached hydrogens (primary N) is 1. The minimum Gasteiger partial charge on any atom is -0.504 e. The number of carbonyl (C=O) groups excluding carboxylic acids is 1. The number of phenolic OH excluding ortho intramolecular Hbond substituents is 1. The minimum absolute atomic E-state index is 0.00385. The van der Waals surface area contributed by atoms with Crippen molar-refractivity contribution in [3.05, 3.63) is 52.5 Å². The molecule has 4 nitrogen and oxygen atoms in total. The summed E-state index contributed by atoms with van der Waals surface area (Å²) in [6, 6.07) is 11.4. The van der Waals surface area contributed by atoms with Gasteiger partial charge in [0.2, 0.25) is 0 Å². The first kappa shape index (κ1) is 12.4. The molecule has 0 aromatic heterocycles. The third-order valence-electron chi connectivity index (χ3n) is 2.29. The van der Waals surface area contributed by atoms with Crippen LogP contribution in [0.5, 0.6) is 17.2 Å².